The number of nitrogens with zero attached hydrogens (tertiary/aromatic N) is 8. The fraction of sp³-hybridized carbons (Fsp3) is 0.268. The summed E-state index contributed by atoms with van der Waals surface area (Å²) in [6.45, 7) is 26.7. The van der Waals surface area contributed by atoms with Crippen LogP contribution in [-0.2, 0) is 72.7 Å². The summed E-state index contributed by atoms with van der Waals surface area (Å²) in [5, 5.41) is 46.7. The molecule has 4 heterocycles. The van der Waals surface area contributed by atoms with Gasteiger partial charge in [0.05, 0.1) is 133 Å². The molecule has 668 valence electrons. The van der Waals surface area contributed by atoms with Crippen molar-refractivity contribution in [2.24, 2.45) is 0 Å². The summed E-state index contributed by atoms with van der Waals surface area (Å²) < 4.78 is 48.4. The zero-order chi connectivity index (χ0) is 91.3. The summed E-state index contributed by atoms with van der Waals surface area (Å²) in [5.74, 6) is -0.441. The number of rotatable bonds is 32. The van der Waals surface area contributed by atoms with E-state index in [1.165, 1.54) is 78.4 Å². The molecule has 5 N–H and O–H groups in total. The second-order valence-electron chi connectivity index (χ2n) is 34.6. The number of aliphatic hydroxyl groups is 1. The van der Waals surface area contributed by atoms with E-state index < -0.39 is 5.82 Å². The molecule has 0 saturated heterocycles. The second kappa shape index (κ2) is 44.3. The van der Waals surface area contributed by atoms with Gasteiger partial charge in [-0.3, -0.25) is 21.6 Å². The molecule has 4 atom stereocenters. The Morgan fingerprint density at radius 1 is 0.292 bits per heavy atom. The van der Waals surface area contributed by atoms with Crippen molar-refractivity contribution in [1.29, 1.82) is 21.6 Å². The molecule has 0 aliphatic rings. The Hall–Kier alpha value is -13.0. The molecule has 0 radical (unpaired) electrons. The maximum Gasteiger partial charge on any atom is 0.203 e. The summed E-state index contributed by atoms with van der Waals surface area (Å²) in [5.41, 5.74) is 30.5. The van der Waals surface area contributed by atoms with Gasteiger partial charge in [-0.2, -0.15) is 0 Å². The van der Waals surface area contributed by atoms with Crippen LogP contribution in [0, 0.1) is 82.8 Å². The molecule has 0 saturated carbocycles. The van der Waals surface area contributed by atoms with Crippen molar-refractivity contribution in [3.05, 3.63) is 437 Å². The molecule has 0 aliphatic heterocycles. The van der Waals surface area contributed by atoms with Gasteiger partial charge in [0, 0.05) is 13.2 Å². The van der Waals surface area contributed by atoms with Crippen LogP contribution in [0.4, 0.5) is 4.39 Å². The number of para-hydroxylation sites is 8. The first kappa shape index (κ1) is 93.2. The molecular weight excluding hydrogens is 1630 g/mol. The minimum absolute atomic E-state index is 0.0109. The third kappa shape index (κ3) is 23.3. The molecule has 4 aromatic heterocycles. The van der Waals surface area contributed by atoms with E-state index in [4.69, 9.17) is 42.0 Å². The first-order chi connectivity index (χ1) is 63.1. The van der Waals surface area contributed by atoms with Gasteiger partial charge in [-0.15, -0.1) is 0 Å². The van der Waals surface area contributed by atoms with Crippen LogP contribution in [0.25, 0.3) is 44.1 Å². The summed E-state index contributed by atoms with van der Waals surface area (Å²) in [7, 11) is 0. The van der Waals surface area contributed by atoms with Gasteiger partial charge in [-0.25, -0.2) is 4.39 Å². The van der Waals surface area contributed by atoms with E-state index in [-0.39, 0.29) is 35.8 Å². The van der Waals surface area contributed by atoms with Gasteiger partial charge < -0.3 is 55.9 Å². The fourth-order valence-corrected chi connectivity index (χ4v) is 17.3. The number of nitrogens with one attached hydrogen (secondary N) is 4. The molecule has 13 aromatic carbocycles. The van der Waals surface area contributed by atoms with Crippen molar-refractivity contribution in [3.8, 4) is 0 Å². The zero-order valence-electron chi connectivity index (χ0n) is 76.6. The lowest BCUT2D eigenvalue weighted by molar-refractivity contribution is 0.0893. The maximum atomic E-state index is 13.6. The first-order valence-corrected chi connectivity index (χ1v) is 45.7. The van der Waals surface area contributed by atoms with Gasteiger partial charge >= 0.3 is 0 Å². The third-order valence-corrected chi connectivity index (χ3v) is 24.6. The van der Waals surface area contributed by atoms with Crippen LogP contribution in [0.3, 0.4) is 0 Å². The first-order valence-electron chi connectivity index (χ1n) is 45.3. The van der Waals surface area contributed by atoms with Crippen LogP contribution in [0.15, 0.2) is 309 Å². The lowest BCUT2D eigenvalue weighted by atomic mass is 10.0. The predicted molar refractivity (Wildman–Crippen MR) is 526 cm³/mol. The van der Waals surface area contributed by atoms with Gasteiger partial charge in [0.25, 0.3) is 0 Å². The minimum atomic E-state index is -0.441. The van der Waals surface area contributed by atoms with E-state index in [0.717, 1.165) is 92.3 Å². The molecule has 17 rings (SSSR count). The highest BCUT2D eigenvalue weighted by atomic mass is 35.5. The van der Waals surface area contributed by atoms with E-state index >= 15 is 0 Å². The Kier molecular flexibility index (Phi) is 31.8. The molecule has 0 spiro atoms. The number of fused-ring (bicyclic) bond motifs is 4. The van der Waals surface area contributed by atoms with E-state index in [0.29, 0.717) is 94.5 Å². The smallest absolute Gasteiger partial charge is 0.203 e. The average Bonchev–Trinajstić information content (AvgIpc) is 1.63. The largest absolute Gasteiger partial charge is 0.394 e. The maximum absolute atomic E-state index is 13.6. The zero-order valence-corrected chi connectivity index (χ0v) is 77.3. The lowest BCUT2D eigenvalue weighted by Gasteiger charge is -2.20. The number of hydrogen-bond donors (Lipinski definition) is 5. The normalized spacial score (nSPS) is 12.3. The Labute approximate surface area is 768 Å². The van der Waals surface area contributed by atoms with Crippen LogP contribution >= 0.6 is 11.6 Å². The molecule has 0 unspecified atom stereocenters. The summed E-state index contributed by atoms with van der Waals surface area (Å²) in [4.78, 5) is 0. The SMILES string of the molecule is CCCOC[C@H](Cc1ccc(C)cc1)n1c(=N)n(Cc2ccc(C)cc2)c2ccccc21.CCOC[C@H](Cc1ccc(C)cc1)n1c(=N)n(Cc2ccc(C)cc2)c2ccccc21.Cc1ccc(C[C@@H](CO)n2c(=N)n(Cc3ccc(C)cc3)c3ccccc32)cc1.Cc1ccc(C[C@@H](COCc2ccc(F)c(Cl)c2)n2c(=N)n(Cc3ccc(C)cc3)c3ccccc32)cc1. The number of aromatic nitrogens is 8. The van der Waals surface area contributed by atoms with Gasteiger partial charge in [0.2, 0.25) is 22.5 Å². The fourth-order valence-electron chi connectivity index (χ4n) is 17.1. The summed E-state index contributed by atoms with van der Waals surface area (Å²) in [6, 6.07) is 106. The summed E-state index contributed by atoms with van der Waals surface area (Å²) in [6.07, 6.45) is 4.05. The molecule has 0 aliphatic carbocycles. The molecule has 0 fully saturated rings. The van der Waals surface area contributed by atoms with Crippen molar-refractivity contribution >= 4 is 55.7 Å². The van der Waals surface area contributed by atoms with E-state index in [9.17, 15) is 14.9 Å². The van der Waals surface area contributed by atoms with Crippen molar-refractivity contribution in [2.75, 3.05) is 39.6 Å². The van der Waals surface area contributed by atoms with Gasteiger partial charge in [0.1, 0.15) is 5.82 Å². The highest BCUT2D eigenvalue weighted by molar-refractivity contribution is 6.30. The monoisotopic (exact) mass is 1750 g/mol. The topological polar surface area (TPSA) is 183 Å². The number of ether oxygens (including phenoxy) is 3. The molecule has 17 aromatic rings. The molecule has 18 heteroatoms. The Balaban J connectivity index is 0.000000141. The number of benzene rings is 13. The third-order valence-electron chi connectivity index (χ3n) is 24.3. The van der Waals surface area contributed by atoms with Crippen LogP contribution in [0.5, 0.6) is 0 Å². The number of aliphatic hydroxyl groups excluding tert-OH is 1. The van der Waals surface area contributed by atoms with Crippen molar-refractivity contribution < 1.29 is 23.7 Å². The Bertz CT molecular complexity index is 6840. The van der Waals surface area contributed by atoms with E-state index in [1.807, 2.05) is 46.4 Å². The molecule has 130 heavy (non-hydrogen) atoms. The van der Waals surface area contributed by atoms with Gasteiger partial charge in [-0.1, -0.05) is 312 Å². The van der Waals surface area contributed by atoms with Crippen molar-refractivity contribution in [1.82, 2.24) is 36.5 Å². The highest BCUT2D eigenvalue weighted by Gasteiger charge is 2.26. The predicted octanol–water partition coefficient (Wildman–Crippen LogP) is 22.9. The standard InChI is InChI=1S/C32H31ClFN3O.C28H33N3O.C27H31N3O.C25H27N3O/c1-22-7-11-24(12-8-22)17-27(21-38-20-26-15-16-29(34)28(33)18-26)37-31-6-4-3-5-30(31)36(32(37)35)19-25-13-9-23(2)10-14-25;1-4-17-32-20-25(18-23-13-9-21(2)10-14-23)31-27-8-6-5-7-26(27)30(28(31)29)19-24-15-11-22(3)12-16-24;1-4-31-19-24(17-22-13-9-20(2)10-14-22)30-26-8-6-5-7-25(26)29(27(30)28)18-23-15-11-21(3)12-16-23;1-18-7-11-20(12-8-18)15-22(17-29)28-24-6-4-3-5-23(24)27(25(28)26)16-21-13-9-19(2)10-14-21/h3-16,18,27,35H,17,19-21H2,1-2H3;5-16,25,29H,4,17-20H2,1-3H3;5-16,24,28H,4,17-19H2,1-3H3;3-14,22,26,29H,15-17H2,1-2H3/t27-;25-;24-;22-/m0000/s1. The van der Waals surface area contributed by atoms with Crippen LogP contribution in [0.1, 0.15) is 139 Å². The van der Waals surface area contributed by atoms with Crippen molar-refractivity contribution in [3.63, 3.8) is 0 Å². The van der Waals surface area contributed by atoms with Crippen LogP contribution in [-0.4, -0.2) is 81.3 Å². The van der Waals surface area contributed by atoms with E-state index in [2.05, 4.69) is 351 Å². The van der Waals surface area contributed by atoms with Gasteiger partial charge in [0.15, 0.2) is 0 Å². The van der Waals surface area contributed by atoms with Gasteiger partial charge in [-0.05, 0) is 205 Å². The number of aryl methyl sites for hydroxylation is 8. The average molecular weight is 1750 g/mol. The number of imidazole rings is 4. The minimum Gasteiger partial charge on any atom is -0.394 e. The summed E-state index contributed by atoms with van der Waals surface area (Å²) >= 11 is 5.97. The van der Waals surface area contributed by atoms with Crippen LogP contribution < -0.4 is 22.5 Å². The molecule has 0 amide bonds. The van der Waals surface area contributed by atoms with E-state index in [1.54, 1.807) is 12.1 Å². The molecular formula is C112H122ClFN12O4. The second-order valence-corrected chi connectivity index (χ2v) is 35.0. The number of hydrogen-bond acceptors (Lipinski definition) is 8. The van der Waals surface area contributed by atoms with Crippen LogP contribution in [0.2, 0.25) is 5.02 Å². The number of halogens is 2. The molecule has 16 nitrogen and oxygen atoms in total. The quantitative estimate of drug-likeness (QED) is 0.0263. The molecule has 0 bridgehead atoms. The Morgan fingerprint density at radius 3 is 0.777 bits per heavy atom. The lowest BCUT2D eigenvalue weighted by Crippen LogP contribution is -2.31. The Morgan fingerprint density at radius 2 is 0.523 bits per heavy atom. The highest BCUT2D eigenvalue weighted by Crippen LogP contribution is 2.30. The van der Waals surface area contributed by atoms with Crippen molar-refractivity contribution in [2.45, 2.75) is 158 Å².